The molecule has 8 heteroatoms. The van der Waals surface area contributed by atoms with Gasteiger partial charge in [-0.2, -0.15) is 0 Å². The number of benzene rings is 2. The number of carbonyl (C=O) groups excluding carboxylic acids is 3. The highest BCUT2D eigenvalue weighted by molar-refractivity contribution is 5.96. The van der Waals surface area contributed by atoms with Crippen LogP contribution in [0.4, 0.5) is 5.69 Å². The van der Waals surface area contributed by atoms with E-state index in [2.05, 4.69) is 5.32 Å². The van der Waals surface area contributed by atoms with Gasteiger partial charge in [0.1, 0.15) is 17.1 Å². The summed E-state index contributed by atoms with van der Waals surface area (Å²) in [7, 11) is 1.41. The van der Waals surface area contributed by atoms with Gasteiger partial charge in [0.05, 0.1) is 6.54 Å². The van der Waals surface area contributed by atoms with Crippen molar-refractivity contribution in [3.05, 3.63) is 53.6 Å². The third-order valence-corrected chi connectivity index (χ3v) is 3.67. The van der Waals surface area contributed by atoms with Crippen molar-refractivity contribution in [1.82, 2.24) is 4.90 Å². The fourth-order valence-electron chi connectivity index (χ4n) is 2.15. The van der Waals surface area contributed by atoms with Crippen molar-refractivity contribution < 1.29 is 29.3 Å². The Morgan fingerprint density at radius 1 is 1.07 bits per heavy atom. The van der Waals surface area contributed by atoms with Gasteiger partial charge in [-0.25, -0.2) is 4.79 Å². The Bertz CT molecular complexity index is 848. The molecular formula is C19H20N2O6. The number of nitrogens with one attached hydrogen (secondary N) is 1. The van der Waals surface area contributed by atoms with E-state index >= 15 is 0 Å². The number of carbonyl (C=O) groups is 3. The number of aryl methyl sites for hydroxylation is 1. The molecule has 0 radical (unpaired) electrons. The summed E-state index contributed by atoms with van der Waals surface area (Å²) in [4.78, 5) is 37.0. The molecule has 0 unspecified atom stereocenters. The zero-order valence-corrected chi connectivity index (χ0v) is 14.9. The summed E-state index contributed by atoms with van der Waals surface area (Å²) in [6.07, 6.45) is 0. The summed E-state index contributed by atoms with van der Waals surface area (Å²) in [5, 5.41) is 21.5. The predicted molar refractivity (Wildman–Crippen MR) is 97.5 cm³/mol. The summed E-state index contributed by atoms with van der Waals surface area (Å²) in [6, 6.07) is 10.6. The molecule has 2 aromatic rings. The minimum absolute atomic E-state index is 0.180. The number of rotatable bonds is 6. The van der Waals surface area contributed by atoms with Crippen molar-refractivity contribution in [1.29, 1.82) is 0 Å². The second-order valence-electron chi connectivity index (χ2n) is 5.94. The maximum absolute atomic E-state index is 12.0. The molecule has 0 aliphatic heterocycles. The first-order chi connectivity index (χ1) is 12.8. The van der Waals surface area contributed by atoms with Crippen molar-refractivity contribution in [3.8, 4) is 11.5 Å². The number of likely N-dealkylation sites (N-methyl/N-ethyl adjacent to an activating group) is 1. The van der Waals surface area contributed by atoms with Gasteiger partial charge in [0.25, 0.3) is 5.91 Å². The number of amides is 2. The van der Waals surface area contributed by atoms with E-state index in [1.807, 2.05) is 19.1 Å². The highest BCUT2D eigenvalue weighted by Gasteiger charge is 2.18. The van der Waals surface area contributed by atoms with Crippen LogP contribution in [0.25, 0.3) is 0 Å². The lowest BCUT2D eigenvalue weighted by Crippen LogP contribution is -2.37. The molecular weight excluding hydrogens is 352 g/mol. The Morgan fingerprint density at radius 3 is 2.37 bits per heavy atom. The molecule has 0 saturated heterocycles. The first-order valence-electron chi connectivity index (χ1n) is 8.06. The molecule has 0 saturated carbocycles. The van der Waals surface area contributed by atoms with Crippen LogP contribution in [0.1, 0.15) is 15.9 Å². The van der Waals surface area contributed by atoms with E-state index in [9.17, 15) is 24.6 Å². The molecule has 2 rings (SSSR count). The molecule has 8 nitrogen and oxygen atoms in total. The number of anilines is 1. The quantitative estimate of drug-likeness (QED) is 0.664. The van der Waals surface area contributed by atoms with Gasteiger partial charge in [0, 0.05) is 18.8 Å². The molecule has 0 spiro atoms. The number of phenols is 2. The maximum atomic E-state index is 12.0. The van der Waals surface area contributed by atoms with E-state index in [1.54, 1.807) is 12.1 Å². The Hall–Kier alpha value is -3.55. The molecule has 3 N–H and O–H groups in total. The summed E-state index contributed by atoms with van der Waals surface area (Å²) < 4.78 is 4.84. The lowest BCUT2D eigenvalue weighted by Gasteiger charge is -2.17. The second kappa shape index (κ2) is 8.70. The van der Waals surface area contributed by atoms with Crippen LogP contribution in [0, 0.1) is 6.92 Å². The van der Waals surface area contributed by atoms with Gasteiger partial charge < -0.3 is 25.2 Å². The van der Waals surface area contributed by atoms with Crippen LogP contribution in [0.3, 0.4) is 0 Å². The summed E-state index contributed by atoms with van der Waals surface area (Å²) >= 11 is 0. The third kappa shape index (κ3) is 5.74. The lowest BCUT2D eigenvalue weighted by atomic mass is 10.2. The topological polar surface area (TPSA) is 116 Å². The highest BCUT2D eigenvalue weighted by Crippen LogP contribution is 2.23. The van der Waals surface area contributed by atoms with Gasteiger partial charge in [-0.15, -0.1) is 0 Å². The number of nitrogens with zero attached hydrogens (tertiary/aromatic N) is 1. The standard InChI is InChI=1S/C19H20N2O6/c1-12-3-5-13(6-4-12)20-17(24)10-21(2)18(25)11-27-19(26)15-8-7-14(22)9-16(15)23/h3-9,22-23H,10-11H2,1-2H3,(H,20,24). The zero-order chi connectivity index (χ0) is 20.0. The molecule has 0 aliphatic carbocycles. The van der Waals surface area contributed by atoms with Crippen LogP contribution in [-0.2, 0) is 14.3 Å². The van der Waals surface area contributed by atoms with Crippen molar-refractivity contribution >= 4 is 23.5 Å². The lowest BCUT2D eigenvalue weighted by molar-refractivity contribution is -0.136. The minimum Gasteiger partial charge on any atom is -0.508 e. The first kappa shape index (κ1) is 19.8. The van der Waals surface area contributed by atoms with Gasteiger partial charge >= 0.3 is 5.97 Å². The van der Waals surface area contributed by atoms with E-state index in [-0.39, 0.29) is 17.9 Å². The molecule has 0 aromatic heterocycles. The molecule has 2 aromatic carbocycles. The van der Waals surface area contributed by atoms with E-state index < -0.39 is 30.1 Å². The van der Waals surface area contributed by atoms with E-state index in [4.69, 9.17) is 4.74 Å². The monoisotopic (exact) mass is 372 g/mol. The number of hydrogen-bond acceptors (Lipinski definition) is 6. The Labute approximate surface area is 156 Å². The van der Waals surface area contributed by atoms with Gasteiger partial charge in [0.2, 0.25) is 5.91 Å². The Balaban J connectivity index is 1.83. The fourth-order valence-corrected chi connectivity index (χ4v) is 2.15. The van der Waals surface area contributed by atoms with Gasteiger partial charge in [0.15, 0.2) is 6.61 Å². The number of phenolic OH excluding ortho intramolecular Hbond substituents is 2. The summed E-state index contributed by atoms with van der Waals surface area (Å²) in [5.41, 5.74) is 1.49. The normalized spacial score (nSPS) is 10.1. The van der Waals surface area contributed by atoms with E-state index in [0.29, 0.717) is 5.69 Å². The van der Waals surface area contributed by atoms with Crippen LogP contribution in [0.15, 0.2) is 42.5 Å². The van der Waals surface area contributed by atoms with Crippen LogP contribution in [0.2, 0.25) is 0 Å². The zero-order valence-electron chi connectivity index (χ0n) is 14.9. The van der Waals surface area contributed by atoms with E-state index in [1.165, 1.54) is 19.2 Å². The minimum atomic E-state index is -0.918. The van der Waals surface area contributed by atoms with Crippen LogP contribution < -0.4 is 5.32 Å². The van der Waals surface area contributed by atoms with Crippen molar-refractivity contribution in [2.75, 3.05) is 25.5 Å². The Kier molecular flexibility index (Phi) is 6.37. The Morgan fingerprint density at radius 2 is 1.74 bits per heavy atom. The molecule has 27 heavy (non-hydrogen) atoms. The largest absolute Gasteiger partial charge is 0.508 e. The number of ether oxygens (including phenoxy) is 1. The number of hydrogen-bond donors (Lipinski definition) is 3. The van der Waals surface area contributed by atoms with Gasteiger partial charge in [-0.3, -0.25) is 9.59 Å². The van der Waals surface area contributed by atoms with Gasteiger partial charge in [-0.05, 0) is 31.2 Å². The van der Waals surface area contributed by atoms with Crippen molar-refractivity contribution in [2.24, 2.45) is 0 Å². The number of aromatic hydroxyl groups is 2. The summed E-state index contributed by atoms with van der Waals surface area (Å²) in [5.74, 6) is -2.56. The maximum Gasteiger partial charge on any atom is 0.342 e. The van der Waals surface area contributed by atoms with Crippen molar-refractivity contribution in [3.63, 3.8) is 0 Å². The molecule has 0 atom stereocenters. The summed E-state index contributed by atoms with van der Waals surface area (Å²) in [6.45, 7) is 1.12. The molecule has 2 amide bonds. The number of esters is 1. The molecule has 0 fully saturated rings. The molecule has 0 heterocycles. The molecule has 142 valence electrons. The van der Waals surface area contributed by atoms with E-state index in [0.717, 1.165) is 16.5 Å². The van der Waals surface area contributed by atoms with Crippen molar-refractivity contribution in [2.45, 2.75) is 6.92 Å². The molecule has 0 aliphatic rings. The predicted octanol–water partition coefficient (Wildman–Crippen LogP) is 1.66. The average molecular weight is 372 g/mol. The third-order valence-electron chi connectivity index (χ3n) is 3.67. The first-order valence-corrected chi connectivity index (χ1v) is 8.06. The van der Waals surface area contributed by atoms with Crippen LogP contribution in [-0.4, -0.2) is 53.1 Å². The average Bonchev–Trinajstić information content (AvgIpc) is 2.61. The SMILES string of the molecule is Cc1ccc(NC(=O)CN(C)C(=O)COC(=O)c2ccc(O)cc2O)cc1. The fraction of sp³-hybridized carbons (Fsp3) is 0.211. The van der Waals surface area contributed by atoms with Crippen LogP contribution in [0.5, 0.6) is 11.5 Å². The van der Waals surface area contributed by atoms with Crippen LogP contribution >= 0.6 is 0 Å². The highest BCUT2D eigenvalue weighted by atomic mass is 16.5. The molecule has 0 bridgehead atoms. The van der Waals surface area contributed by atoms with Gasteiger partial charge in [-0.1, -0.05) is 17.7 Å². The second-order valence-corrected chi connectivity index (χ2v) is 5.94. The smallest absolute Gasteiger partial charge is 0.342 e.